The zero-order valence-electron chi connectivity index (χ0n) is 17.9. The van der Waals surface area contributed by atoms with Gasteiger partial charge in [-0.1, -0.05) is 29.8 Å². The number of nitrogens with one attached hydrogen (secondary N) is 1. The van der Waals surface area contributed by atoms with Crippen LogP contribution in [0, 0.1) is 0 Å². The van der Waals surface area contributed by atoms with Gasteiger partial charge in [-0.15, -0.1) is 0 Å². The Kier molecular flexibility index (Phi) is 6.61. The van der Waals surface area contributed by atoms with Crippen molar-refractivity contribution in [1.29, 1.82) is 0 Å². The summed E-state index contributed by atoms with van der Waals surface area (Å²) in [4.78, 5) is 17.1. The predicted molar refractivity (Wildman–Crippen MR) is 124 cm³/mol. The molecule has 0 radical (unpaired) electrons. The van der Waals surface area contributed by atoms with Crippen molar-refractivity contribution in [2.75, 3.05) is 20.8 Å². The van der Waals surface area contributed by atoms with Gasteiger partial charge in [0.05, 0.1) is 14.2 Å². The number of halogens is 1. The fourth-order valence-corrected chi connectivity index (χ4v) is 3.68. The topological polar surface area (TPSA) is 73.6 Å². The van der Waals surface area contributed by atoms with Gasteiger partial charge in [-0.3, -0.25) is 4.79 Å². The molecule has 0 spiro atoms. The van der Waals surface area contributed by atoms with Gasteiger partial charge in [-0.05, 0) is 60.0 Å². The van der Waals surface area contributed by atoms with Crippen LogP contribution in [0.2, 0.25) is 5.02 Å². The molecule has 164 valence electrons. The third kappa shape index (κ3) is 5.03. The van der Waals surface area contributed by atoms with E-state index in [4.69, 9.17) is 25.5 Å². The zero-order chi connectivity index (χ0) is 22.5. The number of hydrogen-bond acceptors (Lipinski definition) is 5. The molecule has 0 fully saturated rings. The van der Waals surface area contributed by atoms with Crippen molar-refractivity contribution < 1.29 is 18.7 Å². The second-order valence-electron chi connectivity index (χ2n) is 7.29. The molecule has 0 bridgehead atoms. The van der Waals surface area contributed by atoms with Crippen LogP contribution in [0.1, 0.15) is 27.4 Å². The Balaban J connectivity index is 1.39. The van der Waals surface area contributed by atoms with Crippen molar-refractivity contribution >= 4 is 28.6 Å². The van der Waals surface area contributed by atoms with Crippen LogP contribution in [0.15, 0.2) is 65.1 Å². The summed E-state index contributed by atoms with van der Waals surface area (Å²) in [6.07, 6.45) is 1.20. The Morgan fingerprint density at radius 1 is 1.00 bits per heavy atom. The summed E-state index contributed by atoms with van der Waals surface area (Å²) >= 11 is 6.05. The van der Waals surface area contributed by atoms with Crippen molar-refractivity contribution in [2.45, 2.75) is 12.8 Å². The van der Waals surface area contributed by atoms with Crippen LogP contribution in [-0.2, 0) is 12.8 Å². The zero-order valence-corrected chi connectivity index (χ0v) is 18.6. The second-order valence-corrected chi connectivity index (χ2v) is 7.73. The fourth-order valence-electron chi connectivity index (χ4n) is 3.47. The largest absolute Gasteiger partial charge is 0.493 e. The Labute approximate surface area is 191 Å². The minimum Gasteiger partial charge on any atom is -0.493 e. The Bertz CT molecular complexity index is 1250. The van der Waals surface area contributed by atoms with Crippen molar-refractivity contribution in [3.05, 3.63) is 88.3 Å². The van der Waals surface area contributed by atoms with Gasteiger partial charge in [0.2, 0.25) is 0 Å². The number of amides is 1. The minimum atomic E-state index is -0.167. The molecule has 0 unspecified atom stereocenters. The van der Waals surface area contributed by atoms with E-state index in [1.807, 2.05) is 42.5 Å². The third-order valence-electron chi connectivity index (χ3n) is 5.09. The van der Waals surface area contributed by atoms with Gasteiger partial charge in [0.25, 0.3) is 5.91 Å². The molecule has 0 aliphatic heterocycles. The average molecular weight is 451 g/mol. The molecule has 0 saturated carbocycles. The van der Waals surface area contributed by atoms with Crippen LogP contribution in [0.3, 0.4) is 0 Å². The van der Waals surface area contributed by atoms with Gasteiger partial charge < -0.3 is 19.2 Å². The number of carbonyl (C=O) groups is 1. The molecule has 0 saturated heterocycles. The number of fused-ring (bicyclic) bond motifs is 1. The number of benzene rings is 3. The Morgan fingerprint density at radius 2 is 1.84 bits per heavy atom. The third-order valence-corrected chi connectivity index (χ3v) is 5.32. The maximum atomic E-state index is 12.6. The lowest BCUT2D eigenvalue weighted by atomic mass is 10.1. The minimum absolute atomic E-state index is 0.167. The molecule has 1 N–H and O–H groups in total. The first-order chi connectivity index (χ1) is 15.6. The number of ether oxygens (including phenoxy) is 2. The van der Waals surface area contributed by atoms with Gasteiger partial charge >= 0.3 is 0 Å². The summed E-state index contributed by atoms with van der Waals surface area (Å²) in [7, 11) is 3.20. The fraction of sp³-hybridized carbons (Fsp3) is 0.200. The van der Waals surface area contributed by atoms with Gasteiger partial charge in [0.1, 0.15) is 5.52 Å². The van der Waals surface area contributed by atoms with Gasteiger partial charge in [-0.2, -0.15) is 0 Å². The van der Waals surface area contributed by atoms with E-state index in [2.05, 4.69) is 10.3 Å². The van der Waals surface area contributed by atoms with E-state index in [9.17, 15) is 4.79 Å². The lowest BCUT2D eigenvalue weighted by Crippen LogP contribution is -2.25. The highest BCUT2D eigenvalue weighted by molar-refractivity contribution is 6.30. The summed E-state index contributed by atoms with van der Waals surface area (Å²) in [6, 6.07) is 18.6. The van der Waals surface area contributed by atoms with Gasteiger partial charge in [0.15, 0.2) is 23.0 Å². The normalized spacial score (nSPS) is 10.8. The maximum Gasteiger partial charge on any atom is 0.251 e. The highest BCUT2D eigenvalue weighted by atomic mass is 35.5. The number of methoxy groups -OCH3 is 2. The smallest absolute Gasteiger partial charge is 0.251 e. The Morgan fingerprint density at radius 3 is 2.62 bits per heavy atom. The van der Waals surface area contributed by atoms with Crippen molar-refractivity contribution in [3.8, 4) is 11.5 Å². The lowest BCUT2D eigenvalue weighted by molar-refractivity contribution is 0.0954. The van der Waals surface area contributed by atoms with Crippen molar-refractivity contribution in [1.82, 2.24) is 10.3 Å². The molecule has 32 heavy (non-hydrogen) atoms. The summed E-state index contributed by atoms with van der Waals surface area (Å²) in [6.45, 7) is 0.489. The van der Waals surface area contributed by atoms with E-state index in [-0.39, 0.29) is 5.91 Å². The first kappa shape index (κ1) is 21.7. The molecule has 1 heterocycles. The molecule has 6 nitrogen and oxygen atoms in total. The number of rotatable bonds is 8. The van der Waals surface area contributed by atoms with E-state index >= 15 is 0 Å². The van der Waals surface area contributed by atoms with Crippen LogP contribution >= 0.6 is 11.6 Å². The predicted octanol–water partition coefficient (Wildman–Crippen LogP) is 5.06. The van der Waals surface area contributed by atoms with Gasteiger partial charge in [-0.25, -0.2) is 4.98 Å². The quantitative estimate of drug-likeness (QED) is 0.406. The summed E-state index contributed by atoms with van der Waals surface area (Å²) in [5.41, 5.74) is 3.87. The van der Waals surface area contributed by atoms with Crippen molar-refractivity contribution in [2.24, 2.45) is 0 Å². The molecular weight excluding hydrogens is 428 g/mol. The second kappa shape index (κ2) is 9.75. The number of oxazole rings is 1. The Hall–Kier alpha value is -3.51. The SMILES string of the molecule is COc1ccc(CCNC(=O)c2ccc3nc(Cc4cccc(Cl)c4)oc3c2)cc1OC. The molecule has 1 aromatic heterocycles. The molecule has 4 aromatic rings. The van der Waals surface area contributed by atoms with Crippen LogP contribution in [0.5, 0.6) is 11.5 Å². The monoisotopic (exact) mass is 450 g/mol. The number of hydrogen-bond donors (Lipinski definition) is 1. The van der Waals surface area contributed by atoms with Crippen LogP contribution in [-0.4, -0.2) is 31.7 Å². The molecule has 0 atom stereocenters. The highest BCUT2D eigenvalue weighted by Gasteiger charge is 2.12. The molecule has 0 aliphatic carbocycles. The van der Waals surface area contributed by atoms with E-state index in [0.717, 1.165) is 11.1 Å². The molecule has 3 aromatic carbocycles. The maximum absolute atomic E-state index is 12.6. The van der Waals surface area contributed by atoms with Crippen LogP contribution in [0.25, 0.3) is 11.1 Å². The highest BCUT2D eigenvalue weighted by Crippen LogP contribution is 2.27. The molecule has 1 amide bonds. The lowest BCUT2D eigenvalue weighted by Gasteiger charge is -2.10. The van der Waals surface area contributed by atoms with Crippen LogP contribution < -0.4 is 14.8 Å². The number of aromatic nitrogens is 1. The first-order valence-electron chi connectivity index (χ1n) is 10.2. The number of carbonyl (C=O) groups excluding carboxylic acids is 1. The first-order valence-corrected chi connectivity index (χ1v) is 10.6. The molecule has 0 aliphatic rings. The standard InChI is InChI=1S/C25H23ClN2O4/c1-30-21-9-6-16(13-23(21)31-2)10-11-27-25(29)18-7-8-20-22(15-18)32-24(28-20)14-17-4-3-5-19(26)12-17/h3-9,12-13,15H,10-11,14H2,1-2H3,(H,27,29). The summed E-state index contributed by atoms with van der Waals surface area (Å²) < 4.78 is 16.4. The van der Waals surface area contributed by atoms with Crippen molar-refractivity contribution in [3.63, 3.8) is 0 Å². The van der Waals surface area contributed by atoms with Crippen LogP contribution in [0.4, 0.5) is 0 Å². The molecular formula is C25H23ClN2O4. The van der Waals surface area contributed by atoms with E-state index in [1.54, 1.807) is 32.4 Å². The van der Waals surface area contributed by atoms with E-state index in [0.29, 0.717) is 58.5 Å². The summed E-state index contributed by atoms with van der Waals surface area (Å²) in [5.74, 6) is 1.75. The molecule has 7 heteroatoms. The van der Waals surface area contributed by atoms with E-state index < -0.39 is 0 Å². The summed E-state index contributed by atoms with van der Waals surface area (Å²) in [5, 5.41) is 3.62. The van der Waals surface area contributed by atoms with Gasteiger partial charge in [0, 0.05) is 23.6 Å². The number of nitrogens with zero attached hydrogens (tertiary/aromatic N) is 1. The average Bonchev–Trinajstić information content (AvgIpc) is 3.20. The van der Waals surface area contributed by atoms with E-state index in [1.165, 1.54) is 0 Å². The molecule has 4 rings (SSSR count).